The second-order valence-electron chi connectivity index (χ2n) is 8.36. The highest BCUT2D eigenvalue weighted by Gasteiger charge is 2.20. The minimum atomic E-state index is -0.466. The smallest absolute Gasteiger partial charge is 0.262 e. The number of amides is 1. The Bertz CT molecular complexity index is 1650. The van der Waals surface area contributed by atoms with Crippen molar-refractivity contribution < 1.29 is 4.79 Å². The van der Waals surface area contributed by atoms with Crippen LogP contribution in [0.15, 0.2) is 89.3 Å². The van der Waals surface area contributed by atoms with Crippen LogP contribution < -0.4 is 10.9 Å². The van der Waals surface area contributed by atoms with Crippen molar-refractivity contribution in [3.8, 4) is 0 Å². The number of rotatable bonds is 7. The van der Waals surface area contributed by atoms with Gasteiger partial charge in [0.1, 0.15) is 0 Å². The van der Waals surface area contributed by atoms with Crippen molar-refractivity contribution in [3.63, 3.8) is 0 Å². The Hall–Kier alpha value is -3.84. The predicted molar refractivity (Wildman–Crippen MR) is 145 cm³/mol. The van der Waals surface area contributed by atoms with Crippen molar-refractivity contribution in [1.82, 2.24) is 14.1 Å². The van der Waals surface area contributed by atoms with E-state index in [1.54, 1.807) is 16.7 Å². The number of thioether (sulfide) groups is 1. The number of anilines is 1. The Kier molecular flexibility index (Phi) is 6.17. The average molecular weight is 483 g/mol. The number of aryl methyl sites for hydroxylation is 1. The van der Waals surface area contributed by atoms with Crippen molar-refractivity contribution in [2.75, 3.05) is 5.32 Å². The Morgan fingerprint density at radius 3 is 2.51 bits per heavy atom. The first-order valence-electron chi connectivity index (χ1n) is 11.6. The standard InChI is InChI=1S/C28H26N4O2S/c1-4-16-32-27(34)21-11-6-8-12-23(21)30-28(32)35-18(3)26(33)29-19-14-15-25-22(17-19)20-10-7-9-13-24(20)31(25)5-2/h4,6-15,17-18H,1,5,16H2,2-3H3,(H,29,33). The molecule has 0 spiro atoms. The molecule has 6 nitrogen and oxygen atoms in total. The zero-order valence-electron chi connectivity index (χ0n) is 19.7. The molecule has 0 radical (unpaired) electrons. The summed E-state index contributed by atoms with van der Waals surface area (Å²) in [7, 11) is 0. The molecule has 0 saturated carbocycles. The number of para-hydroxylation sites is 2. The van der Waals surface area contributed by atoms with Crippen molar-refractivity contribution in [3.05, 3.63) is 89.7 Å². The molecule has 176 valence electrons. The number of allylic oxidation sites excluding steroid dienone is 1. The molecule has 0 aliphatic carbocycles. The van der Waals surface area contributed by atoms with E-state index < -0.39 is 5.25 Å². The Morgan fingerprint density at radius 1 is 1.03 bits per heavy atom. The van der Waals surface area contributed by atoms with Crippen LogP contribution in [0.4, 0.5) is 5.69 Å². The lowest BCUT2D eigenvalue weighted by Gasteiger charge is -2.15. The summed E-state index contributed by atoms with van der Waals surface area (Å²) < 4.78 is 3.84. The number of fused-ring (bicyclic) bond motifs is 4. The molecule has 1 atom stereocenters. The summed E-state index contributed by atoms with van der Waals surface area (Å²) in [5.74, 6) is -0.152. The fourth-order valence-electron chi connectivity index (χ4n) is 4.46. The molecule has 0 bridgehead atoms. The maximum atomic E-state index is 13.1. The predicted octanol–water partition coefficient (Wildman–Crippen LogP) is 5.83. The maximum Gasteiger partial charge on any atom is 0.262 e. The van der Waals surface area contributed by atoms with Crippen LogP contribution >= 0.6 is 11.8 Å². The van der Waals surface area contributed by atoms with Gasteiger partial charge in [0, 0.05) is 40.6 Å². The van der Waals surface area contributed by atoms with E-state index in [-0.39, 0.29) is 11.5 Å². The summed E-state index contributed by atoms with van der Waals surface area (Å²) in [5, 5.41) is 5.90. The van der Waals surface area contributed by atoms with Gasteiger partial charge >= 0.3 is 0 Å². The summed E-state index contributed by atoms with van der Waals surface area (Å²) in [4.78, 5) is 30.8. The quantitative estimate of drug-likeness (QED) is 0.180. The minimum Gasteiger partial charge on any atom is -0.341 e. The summed E-state index contributed by atoms with van der Waals surface area (Å²) in [6.45, 7) is 8.91. The van der Waals surface area contributed by atoms with Gasteiger partial charge in [-0.3, -0.25) is 14.2 Å². The van der Waals surface area contributed by atoms with Gasteiger partial charge < -0.3 is 9.88 Å². The van der Waals surface area contributed by atoms with E-state index in [1.165, 1.54) is 17.3 Å². The summed E-state index contributed by atoms with van der Waals surface area (Å²) in [6.07, 6.45) is 1.66. The fraction of sp³-hybridized carbons (Fsp3) is 0.179. The zero-order chi connectivity index (χ0) is 24.5. The Morgan fingerprint density at radius 2 is 1.74 bits per heavy atom. The first-order valence-corrected chi connectivity index (χ1v) is 12.5. The maximum absolute atomic E-state index is 13.1. The van der Waals surface area contributed by atoms with Gasteiger partial charge in [-0.05, 0) is 50.2 Å². The summed E-state index contributed by atoms with van der Waals surface area (Å²) in [6, 6.07) is 21.6. The minimum absolute atomic E-state index is 0.136. The van der Waals surface area contributed by atoms with Gasteiger partial charge in [0.25, 0.3) is 5.56 Å². The molecular weight excluding hydrogens is 456 g/mol. The summed E-state index contributed by atoms with van der Waals surface area (Å²) >= 11 is 1.27. The first-order chi connectivity index (χ1) is 17.0. The van der Waals surface area contributed by atoms with Gasteiger partial charge in [-0.1, -0.05) is 48.2 Å². The van der Waals surface area contributed by atoms with Crippen LogP contribution in [0, 0.1) is 0 Å². The van der Waals surface area contributed by atoms with Gasteiger partial charge in [0.15, 0.2) is 5.16 Å². The second-order valence-corrected chi connectivity index (χ2v) is 9.67. The lowest BCUT2D eigenvalue weighted by molar-refractivity contribution is -0.115. The molecular formula is C28H26N4O2S. The Balaban J connectivity index is 1.43. The van der Waals surface area contributed by atoms with Crippen LogP contribution in [0.1, 0.15) is 13.8 Å². The van der Waals surface area contributed by atoms with Crippen LogP contribution in [-0.2, 0) is 17.9 Å². The topological polar surface area (TPSA) is 68.9 Å². The highest BCUT2D eigenvalue weighted by Crippen LogP contribution is 2.31. The Labute approximate surface area is 207 Å². The van der Waals surface area contributed by atoms with Crippen LogP contribution in [0.5, 0.6) is 0 Å². The monoisotopic (exact) mass is 482 g/mol. The van der Waals surface area contributed by atoms with E-state index in [0.717, 1.165) is 28.5 Å². The average Bonchev–Trinajstić information content (AvgIpc) is 3.19. The van der Waals surface area contributed by atoms with Crippen LogP contribution in [0.2, 0.25) is 0 Å². The van der Waals surface area contributed by atoms with E-state index in [9.17, 15) is 9.59 Å². The molecule has 0 saturated heterocycles. The molecule has 5 aromatic rings. The van der Waals surface area contributed by atoms with Gasteiger partial charge in [-0.25, -0.2) is 4.98 Å². The highest BCUT2D eigenvalue weighted by molar-refractivity contribution is 8.00. The molecule has 3 aromatic carbocycles. The normalized spacial score (nSPS) is 12.3. The molecule has 5 rings (SSSR count). The number of nitrogens with zero attached hydrogens (tertiary/aromatic N) is 3. The van der Waals surface area contributed by atoms with E-state index in [4.69, 9.17) is 0 Å². The van der Waals surface area contributed by atoms with Crippen LogP contribution in [0.3, 0.4) is 0 Å². The number of aromatic nitrogens is 3. The number of carbonyl (C=O) groups is 1. The van der Waals surface area contributed by atoms with Gasteiger partial charge in [-0.15, -0.1) is 6.58 Å². The third-order valence-corrected chi connectivity index (χ3v) is 7.24. The molecule has 1 N–H and O–H groups in total. The number of hydrogen-bond donors (Lipinski definition) is 1. The van der Waals surface area contributed by atoms with Crippen molar-refractivity contribution in [2.24, 2.45) is 0 Å². The lowest BCUT2D eigenvalue weighted by atomic mass is 10.1. The highest BCUT2D eigenvalue weighted by atomic mass is 32.2. The second kappa shape index (κ2) is 9.43. The van der Waals surface area contributed by atoms with Crippen molar-refractivity contribution in [1.29, 1.82) is 0 Å². The van der Waals surface area contributed by atoms with Gasteiger partial charge in [0.2, 0.25) is 5.91 Å². The molecule has 2 aromatic heterocycles. The van der Waals surface area contributed by atoms with E-state index >= 15 is 0 Å². The molecule has 0 fully saturated rings. The van der Waals surface area contributed by atoms with E-state index in [0.29, 0.717) is 22.6 Å². The largest absolute Gasteiger partial charge is 0.341 e. The van der Waals surface area contributed by atoms with Crippen LogP contribution in [0.25, 0.3) is 32.7 Å². The van der Waals surface area contributed by atoms with Crippen molar-refractivity contribution in [2.45, 2.75) is 37.3 Å². The molecule has 0 aliphatic heterocycles. The lowest BCUT2D eigenvalue weighted by Crippen LogP contribution is -2.26. The molecule has 0 aliphatic rings. The third kappa shape index (κ3) is 4.12. The third-order valence-electron chi connectivity index (χ3n) is 6.15. The van der Waals surface area contributed by atoms with Crippen molar-refractivity contribution >= 4 is 56.1 Å². The first kappa shape index (κ1) is 22.9. The molecule has 1 amide bonds. The fourth-order valence-corrected chi connectivity index (χ4v) is 5.37. The van der Waals surface area contributed by atoms with Gasteiger partial charge in [-0.2, -0.15) is 0 Å². The molecule has 2 heterocycles. The number of benzene rings is 3. The number of carbonyl (C=O) groups excluding carboxylic acids is 1. The number of nitrogens with one attached hydrogen (secondary N) is 1. The number of hydrogen-bond acceptors (Lipinski definition) is 4. The molecule has 7 heteroatoms. The van der Waals surface area contributed by atoms with E-state index in [2.05, 4.69) is 46.6 Å². The summed E-state index contributed by atoms with van der Waals surface area (Å²) in [5.41, 5.74) is 3.54. The van der Waals surface area contributed by atoms with Gasteiger partial charge in [0.05, 0.1) is 16.2 Å². The zero-order valence-corrected chi connectivity index (χ0v) is 20.5. The molecule has 1 unspecified atom stereocenters. The SMILES string of the molecule is C=CCn1c(SC(C)C(=O)Nc2ccc3c(c2)c2ccccc2n3CC)nc2ccccc2c1=O. The molecule has 35 heavy (non-hydrogen) atoms. The van der Waals surface area contributed by atoms with E-state index in [1.807, 2.05) is 49.4 Å². The van der Waals surface area contributed by atoms with Crippen LogP contribution in [-0.4, -0.2) is 25.3 Å².